The van der Waals surface area contributed by atoms with Gasteiger partial charge in [0, 0.05) is 19.7 Å². The molecule has 0 spiro atoms. The number of carbonyl (C=O) groups is 1. The third-order valence-electron chi connectivity index (χ3n) is 3.97. The first-order chi connectivity index (χ1) is 11.4. The molecule has 1 aliphatic heterocycles. The Hall–Kier alpha value is -1.64. The van der Waals surface area contributed by atoms with Gasteiger partial charge in [0.25, 0.3) is 0 Å². The lowest BCUT2D eigenvalue weighted by atomic mass is 9.99. The number of hydrogen-bond acceptors (Lipinski definition) is 5. The van der Waals surface area contributed by atoms with Crippen LogP contribution in [-0.2, 0) is 19.6 Å². The van der Waals surface area contributed by atoms with Crippen molar-refractivity contribution in [3.8, 4) is 5.75 Å². The Balaban J connectivity index is 1.96. The smallest absolute Gasteiger partial charge is 0.306 e. The maximum absolute atomic E-state index is 12.6. The topological polar surface area (TPSA) is 93.1 Å². The summed E-state index contributed by atoms with van der Waals surface area (Å²) in [6.07, 6.45) is 0.681. The van der Waals surface area contributed by atoms with Crippen LogP contribution in [0.15, 0.2) is 29.2 Å². The molecule has 1 N–H and O–H groups in total. The second kappa shape index (κ2) is 8.46. The highest BCUT2D eigenvalue weighted by Crippen LogP contribution is 2.25. The Morgan fingerprint density at radius 1 is 1.21 bits per heavy atom. The minimum atomic E-state index is -3.60. The van der Waals surface area contributed by atoms with E-state index in [-0.39, 0.29) is 18.0 Å². The molecule has 1 heterocycles. The van der Waals surface area contributed by atoms with Crippen LogP contribution in [0, 0.1) is 5.92 Å². The molecule has 134 valence electrons. The first-order valence-corrected chi connectivity index (χ1v) is 9.42. The first-order valence-electron chi connectivity index (χ1n) is 7.98. The lowest BCUT2D eigenvalue weighted by Crippen LogP contribution is -2.40. The molecule has 1 saturated heterocycles. The SMILES string of the molecule is CCOCCOc1ccc(S(=O)(=O)N2CCC(C(=O)O)CC2)cc1. The van der Waals surface area contributed by atoms with Crippen LogP contribution in [0.2, 0.25) is 0 Å². The molecule has 7 nitrogen and oxygen atoms in total. The Kier molecular flexibility index (Phi) is 6.59. The zero-order valence-corrected chi connectivity index (χ0v) is 14.5. The van der Waals surface area contributed by atoms with Gasteiger partial charge < -0.3 is 14.6 Å². The van der Waals surface area contributed by atoms with E-state index in [4.69, 9.17) is 14.6 Å². The number of sulfonamides is 1. The summed E-state index contributed by atoms with van der Waals surface area (Å²) < 4.78 is 37.2. The quantitative estimate of drug-likeness (QED) is 0.710. The maximum atomic E-state index is 12.6. The third kappa shape index (κ3) is 4.68. The van der Waals surface area contributed by atoms with Crippen LogP contribution in [0.4, 0.5) is 0 Å². The minimum absolute atomic E-state index is 0.188. The monoisotopic (exact) mass is 357 g/mol. The van der Waals surface area contributed by atoms with Gasteiger partial charge in [0.2, 0.25) is 10.0 Å². The number of carboxylic acid groups (broad SMARTS) is 1. The van der Waals surface area contributed by atoms with Crippen LogP contribution < -0.4 is 4.74 Å². The van der Waals surface area contributed by atoms with Crippen LogP contribution in [0.3, 0.4) is 0 Å². The largest absolute Gasteiger partial charge is 0.491 e. The molecule has 1 fully saturated rings. The summed E-state index contributed by atoms with van der Waals surface area (Å²) in [6, 6.07) is 6.24. The predicted molar refractivity (Wildman–Crippen MR) is 87.5 cm³/mol. The van der Waals surface area contributed by atoms with Crippen LogP contribution in [-0.4, -0.2) is 56.7 Å². The minimum Gasteiger partial charge on any atom is -0.491 e. The van der Waals surface area contributed by atoms with Crippen LogP contribution in [0.5, 0.6) is 5.75 Å². The van der Waals surface area contributed by atoms with Crippen LogP contribution >= 0.6 is 0 Å². The molecule has 8 heteroatoms. The van der Waals surface area contributed by atoms with Crippen molar-refractivity contribution in [1.82, 2.24) is 4.31 Å². The Morgan fingerprint density at radius 3 is 2.38 bits per heavy atom. The van der Waals surface area contributed by atoms with E-state index >= 15 is 0 Å². The number of rotatable bonds is 8. The lowest BCUT2D eigenvalue weighted by molar-refractivity contribution is -0.142. The van der Waals surface area contributed by atoms with E-state index in [1.807, 2.05) is 6.92 Å². The van der Waals surface area contributed by atoms with Gasteiger partial charge in [-0.3, -0.25) is 4.79 Å². The summed E-state index contributed by atoms with van der Waals surface area (Å²) in [5.74, 6) is -0.739. The fraction of sp³-hybridized carbons (Fsp3) is 0.562. The summed E-state index contributed by atoms with van der Waals surface area (Å²) in [4.78, 5) is 11.1. The summed E-state index contributed by atoms with van der Waals surface area (Å²) >= 11 is 0. The average Bonchev–Trinajstić information content (AvgIpc) is 2.59. The van der Waals surface area contributed by atoms with E-state index in [1.165, 1.54) is 16.4 Å². The van der Waals surface area contributed by atoms with Gasteiger partial charge in [0.05, 0.1) is 17.4 Å². The fourth-order valence-corrected chi connectivity index (χ4v) is 4.03. The van der Waals surface area contributed by atoms with E-state index in [1.54, 1.807) is 12.1 Å². The molecule has 0 bridgehead atoms. The van der Waals surface area contributed by atoms with Gasteiger partial charge in [0.15, 0.2) is 0 Å². The Bertz CT molecular complexity index is 635. The Morgan fingerprint density at radius 2 is 1.83 bits per heavy atom. The molecule has 0 radical (unpaired) electrons. The molecule has 0 amide bonds. The van der Waals surface area contributed by atoms with Crippen molar-refractivity contribution in [1.29, 1.82) is 0 Å². The zero-order chi connectivity index (χ0) is 17.6. The van der Waals surface area contributed by atoms with Crippen molar-refractivity contribution < 1.29 is 27.8 Å². The molecular weight excluding hydrogens is 334 g/mol. The summed E-state index contributed by atoms with van der Waals surface area (Å²) in [5, 5.41) is 8.99. The fourth-order valence-electron chi connectivity index (χ4n) is 2.56. The predicted octanol–water partition coefficient (Wildman–Crippen LogP) is 1.59. The van der Waals surface area contributed by atoms with Gasteiger partial charge in [-0.1, -0.05) is 0 Å². The number of benzene rings is 1. The van der Waals surface area contributed by atoms with E-state index in [0.29, 0.717) is 38.4 Å². The van der Waals surface area contributed by atoms with Crippen molar-refractivity contribution in [3.05, 3.63) is 24.3 Å². The molecule has 1 aliphatic rings. The van der Waals surface area contributed by atoms with Crippen LogP contribution in [0.25, 0.3) is 0 Å². The van der Waals surface area contributed by atoms with Gasteiger partial charge in [-0.05, 0) is 44.0 Å². The van der Waals surface area contributed by atoms with Crippen molar-refractivity contribution in [2.45, 2.75) is 24.7 Å². The van der Waals surface area contributed by atoms with Gasteiger partial charge in [-0.2, -0.15) is 4.31 Å². The normalized spacial score (nSPS) is 16.9. The zero-order valence-electron chi connectivity index (χ0n) is 13.7. The molecule has 0 unspecified atom stereocenters. The second-order valence-electron chi connectivity index (χ2n) is 5.53. The number of ether oxygens (including phenoxy) is 2. The van der Waals surface area contributed by atoms with Gasteiger partial charge in [0.1, 0.15) is 12.4 Å². The van der Waals surface area contributed by atoms with Gasteiger partial charge in [-0.15, -0.1) is 0 Å². The number of carboxylic acids is 1. The average molecular weight is 357 g/mol. The number of aliphatic carboxylic acids is 1. The van der Waals surface area contributed by atoms with E-state index in [9.17, 15) is 13.2 Å². The number of hydrogen-bond donors (Lipinski definition) is 1. The van der Waals surface area contributed by atoms with Crippen molar-refractivity contribution in [2.24, 2.45) is 5.92 Å². The molecule has 1 aromatic carbocycles. The van der Waals surface area contributed by atoms with Crippen LogP contribution in [0.1, 0.15) is 19.8 Å². The van der Waals surface area contributed by atoms with E-state index in [2.05, 4.69) is 0 Å². The molecule has 0 saturated carbocycles. The number of nitrogens with zero attached hydrogens (tertiary/aromatic N) is 1. The standard InChI is InChI=1S/C16H23NO6S/c1-2-22-11-12-23-14-3-5-15(6-4-14)24(20,21)17-9-7-13(8-10-17)16(18)19/h3-6,13H,2,7-12H2,1H3,(H,18,19). The summed E-state index contributed by atoms with van der Waals surface area (Å²) in [5.41, 5.74) is 0. The molecule has 0 atom stereocenters. The van der Waals surface area contributed by atoms with Crippen molar-refractivity contribution in [3.63, 3.8) is 0 Å². The first kappa shape index (κ1) is 18.7. The lowest BCUT2D eigenvalue weighted by Gasteiger charge is -2.29. The third-order valence-corrected chi connectivity index (χ3v) is 5.88. The van der Waals surface area contributed by atoms with Crippen molar-refractivity contribution >= 4 is 16.0 Å². The highest BCUT2D eigenvalue weighted by atomic mass is 32.2. The van der Waals surface area contributed by atoms with Crippen molar-refractivity contribution in [2.75, 3.05) is 32.9 Å². The molecular formula is C16H23NO6S. The molecule has 0 aromatic heterocycles. The highest BCUT2D eigenvalue weighted by molar-refractivity contribution is 7.89. The summed E-state index contributed by atoms with van der Waals surface area (Å²) in [7, 11) is -3.60. The maximum Gasteiger partial charge on any atom is 0.306 e. The molecule has 2 rings (SSSR count). The highest BCUT2D eigenvalue weighted by Gasteiger charge is 2.31. The Labute approximate surface area is 142 Å². The molecule has 24 heavy (non-hydrogen) atoms. The molecule has 0 aliphatic carbocycles. The molecule has 1 aromatic rings. The van der Waals surface area contributed by atoms with Gasteiger partial charge >= 0.3 is 5.97 Å². The second-order valence-corrected chi connectivity index (χ2v) is 7.47. The van der Waals surface area contributed by atoms with E-state index in [0.717, 1.165) is 0 Å². The van der Waals surface area contributed by atoms with Gasteiger partial charge in [-0.25, -0.2) is 8.42 Å². The number of piperidine rings is 1. The summed E-state index contributed by atoms with van der Waals surface area (Å²) in [6.45, 7) is 3.87. The van der Waals surface area contributed by atoms with E-state index < -0.39 is 21.9 Å².